The molecule has 0 unspecified atom stereocenters. The summed E-state index contributed by atoms with van der Waals surface area (Å²) in [5.74, 6) is 0.269. The summed E-state index contributed by atoms with van der Waals surface area (Å²) in [7, 11) is 0. The maximum atomic E-state index is 12.6. The Hall–Kier alpha value is -2.62. The van der Waals surface area contributed by atoms with E-state index < -0.39 is 0 Å². The zero-order valence-corrected chi connectivity index (χ0v) is 21.9. The van der Waals surface area contributed by atoms with Crippen LogP contribution in [-0.2, 0) is 22.4 Å². The van der Waals surface area contributed by atoms with Crippen LogP contribution in [0.2, 0.25) is 0 Å². The van der Waals surface area contributed by atoms with Crippen LogP contribution >= 0.6 is 0 Å². The minimum absolute atomic E-state index is 0.135. The number of hydrogen-bond donors (Lipinski definition) is 2. The van der Waals surface area contributed by atoms with Crippen molar-refractivity contribution in [2.24, 2.45) is 0 Å². The van der Waals surface area contributed by atoms with Gasteiger partial charge in [-0.2, -0.15) is 0 Å². The normalized spacial score (nSPS) is 18.3. The molecule has 2 amide bonds. The molecule has 2 N–H and O–H groups in total. The van der Waals surface area contributed by atoms with E-state index in [0.717, 1.165) is 47.9 Å². The number of amides is 2. The van der Waals surface area contributed by atoms with Crippen LogP contribution in [0.25, 0.3) is 11.1 Å². The molecule has 2 aliphatic rings. The topological polar surface area (TPSA) is 58.2 Å². The van der Waals surface area contributed by atoms with Gasteiger partial charge >= 0.3 is 0 Å². The molecule has 2 aliphatic carbocycles. The summed E-state index contributed by atoms with van der Waals surface area (Å²) in [6, 6.07) is 17.3. The van der Waals surface area contributed by atoms with E-state index >= 15 is 0 Å². The Morgan fingerprint density at radius 1 is 0.500 bits per heavy atom. The molecule has 194 valence electrons. The van der Waals surface area contributed by atoms with E-state index in [-0.39, 0.29) is 11.8 Å². The molecule has 4 nitrogen and oxygen atoms in total. The monoisotopic (exact) mass is 488 g/mol. The van der Waals surface area contributed by atoms with E-state index in [0.29, 0.717) is 24.9 Å². The Kier molecular flexibility index (Phi) is 10.4. The van der Waals surface area contributed by atoms with E-state index in [1.807, 2.05) is 0 Å². The first kappa shape index (κ1) is 26.4. The Balaban J connectivity index is 1.24. The minimum Gasteiger partial charge on any atom is -0.353 e. The van der Waals surface area contributed by atoms with Crippen molar-refractivity contribution in [3.63, 3.8) is 0 Å². The van der Waals surface area contributed by atoms with E-state index in [4.69, 9.17) is 0 Å². The molecule has 0 bridgehead atoms. The first-order chi connectivity index (χ1) is 17.7. The second kappa shape index (κ2) is 14.2. The third-order valence-electron chi connectivity index (χ3n) is 7.91. The maximum Gasteiger partial charge on any atom is 0.224 e. The first-order valence-electron chi connectivity index (χ1n) is 14.4. The quantitative estimate of drug-likeness (QED) is 0.445. The number of hydrogen-bond acceptors (Lipinski definition) is 2. The fourth-order valence-corrected chi connectivity index (χ4v) is 5.76. The summed E-state index contributed by atoms with van der Waals surface area (Å²) in [5.41, 5.74) is 4.35. The van der Waals surface area contributed by atoms with Crippen molar-refractivity contribution < 1.29 is 9.59 Å². The highest BCUT2D eigenvalue weighted by Crippen LogP contribution is 2.22. The number of benzene rings is 2. The SMILES string of the molecule is O=C(Cc1ccc(-c2ccc(CC(=O)NC3CCCCCCC3)cc2)cc1)NC1CCCCCCC1. The minimum atomic E-state index is 0.135. The zero-order chi connectivity index (χ0) is 25.0. The van der Waals surface area contributed by atoms with Crippen LogP contribution < -0.4 is 10.6 Å². The lowest BCUT2D eigenvalue weighted by Gasteiger charge is -2.21. The predicted molar refractivity (Wildman–Crippen MR) is 148 cm³/mol. The third-order valence-corrected chi connectivity index (χ3v) is 7.91. The number of rotatable bonds is 7. The fourth-order valence-electron chi connectivity index (χ4n) is 5.76. The lowest BCUT2D eigenvalue weighted by molar-refractivity contribution is -0.122. The Bertz CT molecular complexity index is 856. The summed E-state index contributed by atoms with van der Waals surface area (Å²) in [4.78, 5) is 25.1. The molecule has 4 rings (SSSR count). The van der Waals surface area contributed by atoms with E-state index in [1.165, 1.54) is 64.2 Å². The number of carbonyl (C=O) groups excluding carboxylic acids is 2. The highest BCUT2D eigenvalue weighted by molar-refractivity contribution is 5.80. The molecule has 0 aromatic heterocycles. The van der Waals surface area contributed by atoms with Crippen LogP contribution in [-0.4, -0.2) is 23.9 Å². The van der Waals surface area contributed by atoms with Gasteiger partial charge in [0.05, 0.1) is 12.8 Å². The van der Waals surface area contributed by atoms with Crippen molar-refractivity contribution in [3.8, 4) is 11.1 Å². The molecule has 0 heterocycles. The van der Waals surface area contributed by atoms with Gasteiger partial charge in [0.1, 0.15) is 0 Å². The van der Waals surface area contributed by atoms with Crippen LogP contribution in [0.15, 0.2) is 48.5 Å². The van der Waals surface area contributed by atoms with Crippen LogP contribution in [0.5, 0.6) is 0 Å². The van der Waals surface area contributed by atoms with E-state index in [2.05, 4.69) is 59.2 Å². The molecule has 4 heteroatoms. The zero-order valence-electron chi connectivity index (χ0n) is 21.9. The van der Waals surface area contributed by atoms with Crippen molar-refractivity contribution in [1.29, 1.82) is 0 Å². The van der Waals surface area contributed by atoms with E-state index in [1.54, 1.807) is 0 Å². The van der Waals surface area contributed by atoms with Gasteiger partial charge in [-0.1, -0.05) is 113 Å². The van der Waals surface area contributed by atoms with Gasteiger partial charge in [0.25, 0.3) is 0 Å². The fraction of sp³-hybridized carbons (Fsp3) is 0.562. The third kappa shape index (κ3) is 8.80. The summed E-state index contributed by atoms with van der Waals surface area (Å²) in [6.45, 7) is 0. The molecule has 2 aromatic carbocycles. The lowest BCUT2D eigenvalue weighted by atomic mass is 9.96. The van der Waals surface area contributed by atoms with Crippen molar-refractivity contribution in [1.82, 2.24) is 10.6 Å². The molecule has 0 saturated heterocycles. The van der Waals surface area contributed by atoms with Crippen molar-refractivity contribution in [3.05, 3.63) is 59.7 Å². The molecule has 2 fully saturated rings. The molecule has 0 atom stereocenters. The molecule has 0 aliphatic heterocycles. The summed E-state index contributed by atoms with van der Waals surface area (Å²) < 4.78 is 0. The van der Waals surface area contributed by atoms with Gasteiger partial charge in [-0.3, -0.25) is 9.59 Å². The smallest absolute Gasteiger partial charge is 0.224 e. The molecule has 2 aromatic rings. The highest BCUT2D eigenvalue weighted by atomic mass is 16.2. The standard InChI is InChI=1S/C32H44N2O2/c35-31(33-29-11-7-3-1-4-8-12-29)23-25-15-19-27(20-16-25)28-21-17-26(18-22-28)24-32(36)34-30-13-9-5-2-6-10-14-30/h15-22,29-30H,1-14,23-24H2,(H,33,35)(H,34,36). The molecule has 0 radical (unpaired) electrons. The van der Waals surface area contributed by atoms with Gasteiger partial charge in [-0.15, -0.1) is 0 Å². The first-order valence-corrected chi connectivity index (χ1v) is 14.4. The van der Waals surface area contributed by atoms with E-state index in [9.17, 15) is 9.59 Å². The maximum absolute atomic E-state index is 12.6. The van der Waals surface area contributed by atoms with Crippen LogP contribution in [0.4, 0.5) is 0 Å². The van der Waals surface area contributed by atoms with Gasteiger partial charge in [-0.25, -0.2) is 0 Å². The van der Waals surface area contributed by atoms with Crippen molar-refractivity contribution >= 4 is 11.8 Å². The second-order valence-electron chi connectivity index (χ2n) is 11.0. The predicted octanol–water partition coefficient (Wildman–Crippen LogP) is 6.90. The Labute approximate surface area is 217 Å². The summed E-state index contributed by atoms with van der Waals surface area (Å²) in [6.07, 6.45) is 18.1. The van der Waals surface area contributed by atoms with Gasteiger partial charge in [0.2, 0.25) is 11.8 Å². The molecule has 2 saturated carbocycles. The van der Waals surface area contributed by atoms with Crippen LogP contribution in [0, 0.1) is 0 Å². The highest BCUT2D eigenvalue weighted by Gasteiger charge is 2.15. The molecular formula is C32H44N2O2. The molecule has 0 spiro atoms. The molecular weight excluding hydrogens is 444 g/mol. The van der Waals surface area contributed by atoms with Gasteiger partial charge in [0.15, 0.2) is 0 Å². The lowest BCUT2D eigenvalue weighted by Crippen LogP contribution is -2.36. The Morgan fingerprint density at radius 2 is 0.806 bits per heavy atom. The van der Waals surface area contributed by atoms with Crippen molar-refractivity contribution in [2.75, 3.05) is 0 Å². The summed E-state index contributed by atoms with van der Waals surface area (Å²) >= 11 is 0. The van der Waals surface area contributed by atoms with Crippen LogP contribution in [0.1, 0.15) is 101 Å². The molecule has 36 heavy (non-hydrogen) atoms. The number of nitrogens with one attached hydrogen (secondary N) is 2. The van der Waals surface area contributed by atoms with Gasteiger partial charge in [0, 0.05) is 12.1 Å². The number of carbonyl (C=O) groups is 2. The largest absolute Gasteiger partial charge is 0.353 e. The van der Waals surface area contributed by atoms with Crippen molar-refractivity contribution in [2.45, 2.75) is 115 Å². The average Bonchev–Trinajstić information content (AvgIpc) is 2.83. The Morgan fingerprint density at radius 3 is 1.14 bits per heavy atom. The average molecular weight is 489 g/mol. The summed E-state index contributed by atoms with van der Waals surface area (Å²) in [5, 5.41) is 6.53. The van der Waals surface area contributed by atoms with Crippen LogP contribution in [0.3, 0.4) is 0 Å². The van der Waals surface area contributed by atoms with Gasteiger partial charge < -0.3 is 10.6 Å². The second-order valence-corrected chi connectivity index (χ2v) is 11.0. The van der Waals surface area contributed by atoms with Gasteiger partial charge in [-0.05, 0) is 47.9 Å².